The Balaban J connectivity index is 1.83. The van der Waals surface area contributed by atoms with Gasteiger partial charge in [0.25, 0.3) is 0 Å². The minimum atomic E-state index is -0.328. The quantitative estimate of drug-likeness (QED) is 0.496. The lowest BCUT2D eigenvalue weighted by Crippen LogP contribution is -2.52. The molecule has 0 spiro atoms. The van der Waals surface area contributed by atoms with Crippen molar-refractivity contribution in [2.75, 3.05) is 40.6 Å². The molecule has 0 aliphatic carbocycles. The molecule has 2 aromatic carbocycles. The maximum Gasteiger partial charge on any atom is 0.424 e. The number of amides is 1. The van der Waals surface area contributed by atoms with Crippen LogP contribution in [0, 0.1) is 0 Å². The lowest BCUT2D eigenvalue weighted by Gasteiger charge is -2.40. The van der Waals surface area contributed by atoms with Crippen LogP contribution in [0.2, 0.25) is 0 Å². The Morgan fingerprint density at radius 2 is 1.77 bits per heavy atom. The maximum absolute atomic E-state index is 13.0. The average Bonchev–Trinajstić information content (AvgIpc) is 3.28. The van der Waals surface area contributed by atoms with Crippen LogP contribution in [0.4, 0.5) is 4.79 Å². The fourth-order valence-electron chi connectivity index (χ4n) is 4.19. The van der Waals surface area contributed by atoms with E-state index in [-0.39, 0.29) is 18.2 Å². The van der Waals surface area contributed by atoms with Crippen molar-refractivity contribution in [3.05, 3.63) is 71.8 Å². The van der Waals surface area contributed by atoms with Gasteiger partial charge in [0, 0.05) is 13.7 Å². The summed E-state index contributed by atoms with van der Waals surface area (Å²) in [5, 5.41) is 3.98. The van der Waals surface area contributed by atoms with Gasteiger partial charge < -0.3 is 14.2 Å². The second-order valence-corrected chi connectivity index (χ2v) is 7.79. The smallest absolute Gasteiger partial charge is 0.424 e. The SMILES string of the molecule is COCCOC[C@@H]1CCCN1N(C(=O)OC)[C@@H](CCc1ccccc1)c1ccccc1. The molecule has 0 bridgehead atoms. The van der Waals surface area contributed by atoms with E-state index < -0.39 is 0 Å². The predicted octanol–water partition coefficient (Wildman–Crippen LogP) is 4.47. The standard InChI is InChI=1S/C25H34N2O4/c1-29-18-19-31-20-23-14-9-17-26(23)27(25(28)30-2)24(22-12-7-4-8-13-22)16-15-21-10-5-3-6-11-21/h3-8,10-13,23-24H,9,14-20H2,1-2H3/t23-,24-/m0/s1. The van der Waals surface area contributed by atoms with Gasteiger partial charge in [0.15, 0.2) is 0 Å². The largest absolute Gasteiger partial charge is 0.452 e. The third kappa shape index (κ3) is 6.53. The van der Waals surface area contributed by atoms with Crippen LogP contribution in [0.1, 0.15) is 36.4 Å². The van der Waals surface area contributed by atoms with Crippen LogP contribution in [-0.4, -0.2) is 62.7 Å². The monoisotopic (exact) mass is 426 g/mol. The van der Waals surface area contributed by atoms with Crippen LogP contribution in [0.3, 0.4) is 0 Å². The van der Waals surface area contributed by atoms with E-state index in [1.54, 1.807) is 7.11 Å². The fraction of sp³-hybridized carbons (Fsp3) is 0.480. The van der Waals surface area contributed by atoms with Gasteiger partial charge in [0.05, 0.1) is 39.0 Å². The summed E-state index contributed by atoms with van der Waals surface area (Å²) in [5.74, 6) is 0. The van der Waals surface area contributed by atoms with E-state index in [9.17, 15) is 4.79 Å². The molecule has 6 heteroatoms. The Kier molecular flexibility index (Phi) is 9.34. The van der Waals surface area contributed by atoms with Crippen LogP contribution in [0.25, 0.3) is 0 Å². The molecule has 1 aliphatic heterocycles. The van der Waals surface area contributed by atoms with Crippen molar-refractivity contribution in [1.29, 1.82) is 0 Å². The van der Waals surface area contributed by atoms with Crippen molar-refractivity contribution < 1.29 is 19.0 Å². The molecule has 6 nitrogen and oxygen atoms in total. The fourth-order valence-corrected chi connectivity index (χ4v) is 4.19. The average molecular weight is 427 g/mol. The highest BCUT2D eigenvalue weighted by atomic mass is 16.5. The number of carbonyl (C=O) groups is 1. The number of rotatable bonds is 11. The molecule has 168 valence electrons. The Morgan fingerprint density at radius 1 is 1.06 bits per heavy atom. The Hall–Kier alpha value is -2.41. The van der Waals surface area contributed by atoms with Gasteiger partial charge in [0.1, 0.15) is 0 Å². The minimum absolute atomic E-state index is 0.117. The van der Waals surface area contributed by atoms with Gasteiger partial charge in [-0.3, -0.25) is 0 Å². The van der Waals surface area contributed by atoms with Gasteiger partial charge >= 0.3 is 6.09 Å². The third-order valence-corrected chi connectivity index (χ3v) is 5.76. The molecule has 0 N–H and O–H groups in total. The number of hydrogen-bond acceptors (Lipinski definition) is 5. The van der Waals surface area contributed by atoms with Crippen molar-refractivity contribution in [3.8, 4) is 0 Å². The predicted molar refractivity (Wildman–Crippen MR) is 121 cm³/mol. The molecule has 1 fully saturated rings. The summed E-state index contributed by atoms with van der Waals surface area (Å²) >= 11 is 0. The molecular formula is C25H34N2O4. The van der Waals surface area contributed by atoms with Crippen molar-refractivity contribution in [3.63, 3.8) is 0 Å². The molecule has 0 radical (unpaired) electrons. The number of ether oxygens (including phenoxy) is 3. The summed E-state index contributed by atoms with van der Waals surface area (Å²) in [6.45, 7) is 2.49. The molecule has 2 atom stereocenters. The molecular weight excluding hydrogens is 392 g/mol. The molecule has 0 saturated carbocycles. The number of hydrogen-bond donors (Lipinski definition) is 0. The number of benzene rings is 2. The summed E-state index contributed by atoms with van der Waals surface area (Å²) in [6, 6.07) is 20.6. The second-order valence-electron chi connectivity index (χ2n) is 7.79. The molecule has 1 heterocycles. The van der Waals surface area contributed by atoms with E-state index in [0.29, 0.717) is 19.8 Å². The van der Waals surface area contributed by atoms with E-state index >= 15 is 0 Å². The van der Waals surface area contributed by atoms with Crippen molar-refractivity contribution in [2.45, 2.75) is 37.8 Å². The number of aryl methyl sites for hydroxylation is 1. The van der Waals surface area contributed by atoms with E-state index in [4.69, 9.17) is 14.2 Å². The van der Waals surface area contributed by atoms with Crippen molar-refractivity contribution >= 4 is 6.09 Å². The van der Waals surface area contributed by atoms with Gasteiger partial charge in [-0.05, 0) is 36.8 Å². The van der Waals surface area contributed by atoms with Crippen LogP contribution < -0.4 is 0 Å². The molecule has 1 amide bonds. The molecule has 31 heavy (non-hydrogen) atoms. The first-order valence-corrected chi connectivity index (χ1v) is 11.0. The van der Waals surface area contributed by atoms with E-state index in [1.165, 1.54) is 12.7 Å². The van der Waals surface area contributed by atoms with E-state index in [2.05, 4.69) is 41.4 Å². The summed E-state index contributed by atoms with van der Waals surface area (Å²) in [4.78, 5) is 13.0. The van der Waals surface area contributed by atoms with Gasteiger partial charge in [-0.25, -0.2) is 14.8 Å². The Bertz CT molecular complexity index is 772. The molecule has 0 unspecified atom stereocenters. The summed E-state index contributed by atoms with van der Waals surface area (Å²) in [6.07, 6.45) is 3.35. The summed E-state index contributed by atoms with van der Waals surface area (Å²) in [5.41, 5.74) is 2.36. The normalized spacial score (nSPS) is 17.4. The zero-order valence-corrected chi connectivity index (χ0v) is 18.6. The minimum Gasteiger partial charge on any atom is -0.452 e. The van der Waals surface area contributed by atoms with Crippen molar-refractivity contribution in [2.24, 2.45) is 0 Å². The van der Waals surface area contributed by atoms with Gasteiger partial charge in [-0.1, -0.05) is 60.7 Å². The van der Waals surface area contributed by atoms with Crippen molar-refractivity contribution in [1.82, 2.24) is 10.0 Å². The Labute approximate surface area is 185 Å². The lowest BCUT2D eigenvalue weighted by molar-refractivity contribution is -0.0777. The highest BCUT2D eigenvalue weighted by Gasteiger charge is 2.37. The van der Waals surface area contributed by atoms with Crippen LogP contribution in [-0.2, 0) is 20.6 Å². The van der Waals surface area contributed by atoms with Gasteiger partial charge in [0.2, 0.25) is 0 Å². The molecule has 1 saturated heterocycles. The zero-order valence-electron chi connectivity index (χ0n) is 18.6. The maximum atomic E-state index is 13.0. The highest BCUT2D eigenvalue weighted by Crippen LogP contribution is 2.32. The lowest BCUT2D eigenvalue weighted by atomic mass is 9.98. The number of nitrogens with zero attached hydrogens (tertiary/aromatic N) is 2. The first kappa shape index (κ1) is 23.3. The summed E-state index contributed by atoms with van der Waals surface area (Å²) in [7, 11) is 3.12. The molecule has 0 aromatic heterocycles. The number of hydrazine groups is 1. The van der Waals surface area contributed by atoms with Gasteiger partial charge in [-0.15, -0.1) is 0 Å². The van der Waals surface area contributed by atoms with Gasteiger partial charge in [-0.2, -0.15) is 0 Å². The topological polar surface area (TPSA) is 51.2 Å². The first-order chi connectivity index (χ1) is 15.2. The Morgan fingerprint density at radius 3 is 2.45 bits per heavy atom. The molecule has 1 aliphatic rings. The third-order valence-electron chi connectivity index (χ3n) is 5.76. The van der Waals surface area contributed by atoms with Crippen LogP contribution in [0.15, 0.2) is 60.7 Å². The highest BCUT2D eigenvalue weighted by molar-refractivity contribution is 5.67. The van der Waals surface area contributed by atoms with E-state index in [1.807, 2.05) is 29.3 Å². The first-order valence-electron chi connectivity index (χ1n) is 11.0. The van der Waals surface area contributed by atoms with Crippen LogP contribution >= 0.6 is 0 Å². The molecule has 2 aromatic rings. The summed E-state index contributed by atoms with van der Waals surface area (Å²) < 4.78 is 16.2. The van der Waals surface area contributed by atoms with E-state index in [0.717, 1.165) is 37.8 Å². The second kappa shape index (κ2) is 12.4. The zero-order chi connectivity index (χ0) is 21.9. The van der Waals surface area contributed by atoms with Crippen LogP contribution in [0.5, 0.6) is 0 Å². The number of carbonyl (C=O) groups excluding carboxylic acids is 1. The number of methoxy groups -OCH3 is 2. The molecule has 3 rings (SSSR count).